The molecule has 0 aromatic heterocycles. The first-order chi connectivity index (χ1) is 39.4. The molecule has 6 aromatic carbocycles. The summed E-state index contributed by atoms with van der Waals surface area (Å²) in [5.41, 5.74) is 20.4. The van der Waals surface area contributed by atoms with Crippen LogP contribution in [-0.2, 0) is 12.8 Å². The number of rotatable bonds is 12. The van der Waals surface area contributed by atoms with Gasteiger partial charge in [0.25, 0.3) is 0 Å². The molecule has 0 N–H and O–H groups in total. The predicted octanol–water partition coefficient (Wildman–Crippen LogP) is 25.7. The van der Waals surface area contributed by atoms with Crippen molar-refractivity contribution in [1.82, 2.24) is 0 Å². The van der Waals surface area contributed by atoms with E-state index in [1.807, 2.05) is 0 Å². The summed E-state index contributed by atoms with van der Waals surface area (Å²) >= 11 is 0. The van der Waals surface area contributed by atoms with Crippen molar-refractivity contribution in [2.75, 3.05) is 0 Å². The number of hydrogen-bond donors (Lipinski definition) is 0. The average Bonchev–Trinajstić information content (AvgIpc) is 3.45. The monoisotopic (exact) mass is 1120 g/mol. The van der Waals surface area contributed by atoms with Gasteiger partial charge in [0.05, 0.1) is 0 Å². The zero-order valence-corrected chi connectivity index (χ0v) is 57.4. The topological polar surface area (TPSA) is 0 Å². The summed E-state index contributed by atoms with van der Waals surface area (Å²) in [4.78, 5) is 0. The van der Waals surface area contributed by atoms with Crippen LogP contribution in [0.15, 0.2) is 133 Å². The van der Waals surface area contributed by atoms with E-state index in [2.05, 4.69) is 265 Å². The van der Waals surface area contributed by atoms with E-state index in [1.54, 1.807) is 6.42 Å². The van der Waals surface area contributed by atoms with E-state index in [9.17, 15) is 0 Å². The van der Waals surface area contributed by atoms with Crippen LogP contribution >= 0.6 is 0 Å². The van der Waals surface area contributed by atoms with Crippen molar-refractivity contribution in [2.45, 2.75) is 266 Å². The highest BCUT2D eigenvalue weighted by Gasteiger charge is 2.38. The Hall–Kier alpha value is -4.68. The van der Waals surface area contributed by atoms with Gasteiger partial charge in [-0.3, -0.25) is 0 Å². The van der Waals surface area contributed by atoms with Gasteiger partial charge in [0.2, 0.25) is 0 Å². The molecule has 3 saturated carbocycles. The Morgan fingerprint density at radius 3 is 1.16 bits per heavy atom. The molecule has 0 radical (unpaired) electrons. The molecule has 6 aromatic rings. The maximum atomic E-state index is 2.46. The molecule has 0 heterocycles. The summed E-state index contributed by atoms with van der Waals surface area (Å²) in [6.07, 6.45) is 29.9. The van der Waals surface area contributed by atoms with Crippen LogP contribution in [0.5, 0.6) is 0 Å². The maximum absolute atomic E-state index is 2.46. The molecule has 0 aliphatic heterocycles. The molecule has 0 nitrogen and oxygen atoms in total. The maximum Gasteiger partial charge on any atom is -0.00231 e. The molecule has 9 rings (SSSR count). The quantitative estimate of drug-likeness (QED) is 0.107. The Balaban J connectivity index is 0.000000257. The Bertz CT molecular complexity index is 2520. The van der Waals surface area contributed by atoms with E-state index in [1.165, 1.54) is 193 Å². The van der Waals surface area contributed by atoms with Gasteiger partial charge in [0, 0.05) is 0 Å². The fourth-order valence-electron chi connectivity index (χ4n) is 13.1. The number of hydrogen-bond acceptors (Lipinski definition) is 0. The van der Waals surface area contributed by atoms with Crippen molar-refractivity contribution in [1.29, 1.82) is 0 Å². The smallest absolute Gasteiger partial charge is 0.00231 e. The van der Waals surface area contributed by atoms with Crippen molar-refractivity contribution in [2.24, 2.45) is 40.4 Å². The van der Waals surface area contributed by atoms with E-state index in [4.69, 9.17) is 0 Å². The molecule has 83 heavy (non-hydrogen) atoms. The molecular weight excluding hydrogens is 997 g/mol. The number of benzene rings is 6. The summed E-state index contributed by atoms with van der Waals surface area (Å²) in [6, 6.07) is 47.7. The fourth-order valence-corrected chi connectivity index (χ4v) is 13.1. The Morgan fingerprint density at radius 2 is 0.783 bits per heavy atom. The second-order valence-corrected chi connectivity index (χ2v) is 28.3. The molecule has 0 spiro atoms. The molecule has 0 amide bonds. The van der Waals surface area contributed by atoms with Crippen molar-refractivity contribution >= 4 is 0 Å². The van der Waals surface area contributed by atoms with Gasteiger partial charge < -0.3 is 0 Å². The molecular formula is C83H126. The predicted molar refractivity (Wildman–Crippen MR) is 373 cm³/mol. The van der Waals surface area contributed by atoms with E-state index in [0.29, 0.717) is 10.8 Å². The highest BCUT2D eigenvalue weighted by atomic mass is 14.4. The van der Waals surface area contributed by atoms with E-state index < -0.39 is 0 Å². The molecule has 0 saturated heterocycles. The van der Waals surface area contributed by atoms with Gasteiger partial charge in [-0.15, -0.1) is 0 Å². The third-order valence-electron chi connectivity index (χ3n) is 18.9. The molecule has 3 fully saturated rings. The zero-order chi connectivity index (χ0) is 61.4. The fraction of sp³-hybridized carbons (Fsp3) is 0.566. The van der Waals surface area contributed by atoms with Gasteiger partial charge in [-0.2, -0.15) is 0 Å². The van der Waals surface area contributed by atoms with Crippen LogP contribution in [-0.4, -0.2) is 0 Å². The highest BCUT2D eigenvalue weighted by molar-refractivity contribution is 5.34. The minimum atomic E-state index is 0.586. The van der Waals surface area contributed by atoms with Gasteiger partial charge in [-0.1, -0.05) is 314 Å². The minimum absolute atomic E-state index is 0.586. The number of unbranched alkanes of at least 4 members (excludes halogenated alkanes) is 5. The summed E-state index contributed by atoms with van der Waals surface area (Å²) in [5.74, 6) is 5.16. The van der Waals surface area contributed by atoms with Crippen LogP contribution in [0, 0.1) is 110 Å². The lowest BCUT2D eigenvalue weighted by Gasteiger charge is -2.45. The third-order valence-corrected chi connectivity index (χ3v) is 18.9. The van der Waals surface area contributed by atoms with Crippen molar-refractivity contribution in [3.63, 3.8) is 0 Å². The number of aryl methyl sites for hydroxylation is 9. The lowest BCUT2D eigenvalue weighted by atomic mass is 9.60. The van der Waals surface area contributed by atoms with Crippen molar-refractivity contribution < 1.29 is 0 Å². The van der Waals surface area contributed by atoms with Gasteiger partial charge in [0.15, 0.2) is 0 Å². The normalized spacial score (nSPS) is 20.4. The van der Waals surface area contributed by atoms with Crippen molar-refractivity contribution in [3.8, 4) is 0 Å². The summed E-state index contributed by atoms with van der Waals surface area (Å²) < 4.78 is 0. The average molecular weight is 1120 g/mol. The third kappa shape index (κ3) is 30.8. The van der Waals surface area contributed by atoms with Crippen LogP contribution in [0.1, 0.15) is 262 Å². The summed E-state index contributed by atoms with van der Waals surface area (Å²) in [5, 5.41) is 0. The van der Waals surface area contributed by atoms with E-state index >= 15 is 0 Å². The van der Waals surface area contributed by atoms with Crippen LogP contribution in [0.25, 0.3) is 0 Å². The molecule has 2 unspecified atom stereocenters. The first-order valence-corrected chi connectivity index (χ1v) is 33.7. The molecule has 0 heteroatoms. The van der Waals surface area contributed by atoms with Crippen LogP contribution in [0.3, 0.4) is 0 Å². The molecule has 458 valence electrons. The molecule has 3 aliphatic carbocycles. The largest absolute Gasteiger partial charge is 0.0654 e. The molecule has 3 aliphatic rings. The minimum Gasteiger partial charge on any atom is -0.0654 e. The van der Waals surface area contributed by atoms with Gasteiger partial charge in [0.1, 0.15) is 0 Å². The van der Waals surface area contributed by atoms with Crippen LogP contribution in [0.4, 0.5) is 0 Å². The molecule has 2 atom stereocenters. The Labute approximate surface area is 515 Å². The molecule has 0 bridgehead atoms. The lowest BCUT2D eigenvalue weighted by Crippen LogP contribution is -2.34. The summed E-state index contributed by atoms with van der Waals surface area (Å²) in [6.45, 7) is 42.8. The van der Waals surface area contributed by atoms with Crippen LogP contribution < -0.4 is 0 Å². The van der Waals surface area contributed by atoms with E-state index in [0.717, 1.165) is 42.4 Å². The first-order valence-electron chi connectivity index (χ1n) is 33.7. The zero-order valence-electron chi connectivity index (χ0n) is 57.4. The standard InChI is InChI=1S/C15H28.2C15H16.C12H24.2C9H12.C8H18/c2*1-12-3-7-14(8-4-12)11-15-9-5-13(2)6-10-15;1-12-7-9-14(10-8-12)11-15-6-4-3-5-13(15)2;1-6-12(5)8-10(2)7-11(3,4)9-12;1-7-4-5-8(2)9(3)6-7;1-7-5-4-6-8(2)9(7)3;1-3-5-7-8-6-4-2/h12-15H,3-11H2,1-2H3;2*3-10H,11H2,1-2H3;10H,6-9H2,1-5H3;2*4-6H,1-3H3;3-8H2,1-2H3. The SMILES string of the molecule is CC1CCC(CC2CCC(C)CC2)CC1.CCC1(C)CC(C)CC(C)(C)C1.CCCCCCCC.Cc1ccc(C)c(C)c1.Cc1ccc(Cc2ccc(C)cc2)cc1.Cc1ccc(Cc2ccccc2C)cc1.Cc1cccc(C)c1C. The first kappa shape index (κ1) is 72.6. The summed E-state index contributed by atoms with van der Waals surface area (Å²) in [7, 11) is 0. The van der Waals surface area contributed by atoms with Gasteiger partial charge >= 0.3 is 0 Å². The van der Waals surface area contributed by atoms with Crippen molar-refractivity contribution in [3.05, 3.63) is 211 Å². The van der Waals surface area contributed by atoms with Gasteiger partial charge in [-0.25, -0.2) is 0 Å². The second-order valence-electron chi connectivity index (χ2n) is 28.3. The second kappa shape index (κ2) is 39.1. The highest BCUT2D eigenvalue weighted by Crippen LogP contribution is 2.50. The lowest BCUT2D eigenvalue weighted by molar-refractivity contribution is 0.0581. The van der Waals surface area contributed by atoms with Crippen LogP contribution in [0.2, 0.25) is 0 Å². The van der Waals surface area contributed by atoms with Gasteiger partial charge in [-0.05, 0) is 204 Å². The van der Waals surface area contributed by atoms with E-state index in [-0.39, 0.29) is 0 Å². The Kier molecular flexibility index (Phi) is 34.2. The Morgan fingerprint density at radius 1 is 0.373 bits per heavy atom.